The zero-order valence-electron chi connectivity index (χ0n) is 21.2. The van der Waals surface area contributed by atoms with Crippen LogP contribution in [0.25, 0.3) is 0 Å². The van der Waals surface area contributed by atoms with E-state index < -0.39 is 60.1 Å². The van der Waals surface area contributed by atoms with Crippen LogP contribution in [0.3, 0.4) is 0 Å². The van der Waals surface area contributed by atoms with Crippen molar-refractivity contribution in [1.29, 1.82) is 0 Å². The number of hydrogen-bond acceptors (Lipinski definition) is 10. The van der Waals surface area contributed by atoms with E-state index in [-0.39, 0.29) is 11.5 Å². The second-order valence-electron chi connectivity index (χ2n) is 8.55. The molecule has 0 spiro atoms. The van der Waals surface area contributed by atoms with Crippen molar-refractivity contribution in [2.24, 2.45) is 0 Å². The maximum Gasteiger partial charge on any atom is 0.435 e. The molecule has 222 valence electrons. The number of nitrogens with zero attached hydrogens (tertiary/aromatic N) is 1. The molecule has 0 saturated carbocycles. The number of H-pyrrole nitrogens is 1. The Hall–Kier alpha value is -3.07. The summed E-state index contributed by atoms with van der Waals surface area (Å²) in [5, 5.41) is 9.96. The zero-order valence-corrected chi connectivity index (χ0v) is 23.7. The van der Waals surface area contributed by atoms with E-state index in [4.69, 9.17) is 51.2 Å². The lowest BCUT2D eigenvalue weighted by Gasteiger charge is -2.32. The molecule has 11 nitrogen and oxygen atoms in total. The zero-order chi connectivity index (χ0) is 29.9. The van der Waals surface area contributed by atoms with Crippen LogP contribution in [0.1, 0.15) is 6.23 Å². The molecule has 0 aliphatic carbocycles. The van der Waals surface area contributed by atoms with E-state index in [0.717, 1.165) is 6.20 Å². The first-order chi connectivity index (χ1) is 19.4. The number of aliphatic hydroxyl groups excluding tert-OH is 1. The predicted molar refractivity (Wildman–Crippen MR) is 144 cm³/mol. The first-order valence-electron chi connectivity index (χ1n) is 11.6. The number of aliphatic hydroxyl groups is 1. The highest BCUT2D eigenvalue weighted by Gasteiger charge is 2.62. The van der Waals surface area contributed by atoms with E-state index in [1.54, 1.807) is 0 Å². The number of nitrogens with one attached hydrogen (secondary N) is 1. The number of methoxy groups -OCH3 is 2. The van der Waals surface area contributed by atoms with Crippen LogP contribution in [-0.2, 0) is 21.1 Å². The molecule has 2 aromatic carbocycles. The SMILES string of the molecule is COc1ccc(OP(=S)(OCC2(C(F)F)OC(n3cc(Cl)c(=O)[nH]c3=O)C(O)C2F)Oc2ccc(OC)cc2)cc1. The van der Waals surface area contributed by atoms with Gasteiger partial charge in [0.05, 0.1) is 20.8 Å². The highest BCUT2D eigenvalue weighted by atomic mass is 35.5. The Labute approximate surface area is 240 Å². The van der Waals surface area contributed by atoms with Crippen molar-refractivity contribution in [3.05, 3.63) is 80.6 Å². The summed E-state index contributed by atoms with van der Waals surface area (Å²) in [5.74, 6) is 1.20. The summed E-state index contributed by atoms with van der Waals surface area (Å²) in [6, 6.07) is 12.0. The Morgan fingerprint density at radius 2 is 1.54 bits per heavy atom. The third-order valence-electron chi connectivity index (χ3n) is 5.97. The molecule has 1 aliphatic heterocycles. The first kappa shape index (κ1) is 30.9. The van der Waals surface area contributed by atoms with Crippen LogP contribution in [0.4, 0.5) is 13.2 Å². The summed E-state index contributed by atoms with van der Waals surface area (Å²) in [6.45, 7) is -5.32. The molecule has 17 heteroatoms. The van der Waals surface area contributed by atoms with Gasteiger partial charge in [0.1, 0.15) is 34.1 Å². The van der Waals surface area contributed by atoms with E-state index >= 15 is 4.39 Å². The number of rotatable bonds is 11. The fourth-order valence-electron chi connectivity index (χ4n) is 3.80. The van der Waals surface area contributed by atoms with Crippen molar-refractivity contribution in [3.8, 4) is 23.0 Å². The standard InChI is InChI=1S/C24H23ClF3N2O9PS/c1-34-13-3-7-15(8-4-13)38-40(41,39-16-9-5-14(35-2)6-10-16)36-12-24(22(27)28)19(26)18(31)21(37-24)30-11-17(25)20(32)29-23(30)33/h3-11,18-19,21-22,31H,12H2,1-2H3,(H,29,32,33). The van der Waals surface area contributed by atoms with Crippen LogP contribution >= 0.6 is 18.3 Å². The van der Waals surface area contributed by atoms with Crippen molar-refractivity contribution >= 4 is 30.1 Å². The molecule has 2 heterocycles. The fraction of sp³-hybridized carbons (Fsp3) is 0.333. The van der Waals surface area contributed by atoms with Crippen molar-refractivity contribution in [1.82, 2.24) is 9.55 Å². The molecular weight excluding hydrogens is 616 g/mol. The molecule has 4 unspecified atom stereocenters. The maximum atomic E-state index is 15.4. The van der Waals surface area contributed by atoms with Gasteiger partial charge in [-0.3, -0.25) is 18.9 Å². The molecule has 0 amide bonds. The maximum absolute atomic E-state index is 15.4. The largest absolute Gasteiger partial charge is 0.497 e. The first-order valence-corrected chi connectivity index (χ1v) is 14.6. The molecule has 1 aromatic heterocycles. The van der Waals surface area contributed by atoms with Gasteiger partial charge >= 0.3 is 12.4 Å². The van der Waals surface area contributed by atoms with Crippen LogP contribution in [-0.4, -0.2) is 59.8 Å². The fourth-order valence-corrected chi connectivity index (χ4v) is 5.88. The summed E-state index contributed by atoms with van der Waals surface area (Å²) >= 11 is 11.2. The monoisotopic (exact) mass is 638 g/mol. The number of halogens is 4. The normalized spacial score (nSPS) is 22.5. The molecule has 4 atom stereocenters. The summed E-state index contributed by atoms with van der Waals surface area (Å²) in [7, 11) is 2.90. The lowest BCUT2D eigenvalue weighted by Crippen LogP contribution is -2.50. The number of benzene rings is 2. The molecule has 1 saturated heterocycles. The summed E-state index contributed by atoms with van der Waals surface area (Å²) in [4.78, 5) is 25.7. The molecule has 3 aromatic rings. The van der Waals surface area contributed by atoms with E-state index in [9.17, 15) is 23.5 Å². The van der Waals surface area contributed by atoms with Gasteiger partial charge in [-0.2, -0.15) is 0 Å². The minimum Gasteiger partial charge on any atom is -0.497 e. The highest BCUT2D eigenvalue weighted by molar-refractivity contribution is 8.07. The van der Waals surface area contributed by atoms with Crippen LogP contribution in [0.5, 0.6) is 23.0 Å². The Balaban J connectivity index is 1.65. The van der Waals surface area contributed by atoms with Gasteiger partial charge in [0.25, 0.3) is 12.0 Å². The van der Waals surface area contributed by atoms with Gasteiger partial charge in [-0.25, -0.2) is 18.0 Å². The number of hydrogen-bond donors (Lipinski definition) is 2. The molecule has 0 bridgehead atoms. The smallest absolute Gasteiger partial charge is 0.435 e. The minimum absolute atomic E-state index is 0.116. The number of ether oxygens (including phenoxy) is 3. The summed E-state index contributed by atoms with van der Waals surface area (Å²) < 4.78 is 77.5. The third kappa shape index (κ3) is 6.55. The van der Waals surface area contributed by atoms with Gasteiger partial charge in [-0.05, 0) is 48.5 Å². The van der Waals surface area contributed by atoms with Crippen molar-refractivity contribution < 1.29 is 46.1 Å². The van der Waals surface area contributed by atoms with E-state index in [1.807, 2.05) is 4.98 Å². The Bertz CT molecular complexity index is 1470. The number of alkyl halides is 3. The Morgan fingerprint density at radius 1 is 1.05 bits per heavy atom. The van der Waals surface area contributed by atoms with E-state index in [0.29, 0.717) is 16.1 Å². The minimum atomic E-state index is -4.05. The molecule has 41 heavy (non-hydrogen) atoms. The number of aromatic amines is 1. The average Bonchev–Trinajstić information content (AvgIpc) is 3.21. The highest BCUT2D eigenvalue weighted by Crippen LogP contribution is 2.53. The lowest BCUT2D eigenvalue weighted by atomic mass is 9.98. The van der Waals surface area contributed by atoms with Crippen LogP contribution < -0.4 is 29.8 Å². The van der Waals surface area contributed by atoms with Crippen molar-refractivity contribution in [2.45, 2.75) is 30.5 Å². The average molecular weight is 639 g/mol. The molecule has 1 fully saturated rings. The van der Waals surface area contributed by atoms with Gasteiger partial charge < -0.3 is 28.4 Å². The Kier molecular flexibility index (Phi) is 9.36. The predicted octanol–water partition coefficient (Wildman–Crippen LogP) is 3.84. The summed E-state index contributed by atoms with van der Waals surface area (Å²) in [5.41, 5.74) is -5.30. The van der Waals surface area contributed by atoms with E-state index in [2.05, 4.69) is 0 Å². The molecule has 2 N–H and O–H groups in total. The Morgan fingerprint density at radius 3 is 2.00 bits per heavy atom. The number of aromatic nitrogens is 2. The summed E-state index contributed by atoms with van der Waals surface area (Å²) in [6.07, 6.45) is -9.97. The van der Waals surface area contributed by atoms with Crippen molar-refractivity contribution in [3.63, 3.8) is 0 Å². The third-order valence-corrected chi connectivity index (χ3v) is 8.32. The van der Waals surface area contributed by atoms with Crippen molar-refractivity contribution in [2.75, 3.05) is 20.8 Å². The van der Waals surface area contributed by atoms with Gasteiger partial charge in [0.15, 0.2) is 18.0 Å². The topological polar surface area (TPSA) is 130 Å². The van der Waals surface area contributed by atoms with Crippen LogP contribution in [0, 0.1) is 0 Å². The van der Waals surface area contributed by atoms with Gasteiger partial charge in [-0.1, -0.05) is 11.6 Å². The van der Waals surface area contributed by atoms with Gasteiger partial charge in [-0.15, -0.1) is 0 Å². The molecule has 1 aliphatic rings. The molecule has 0 radical (unpaired) electrons. The molecule has 4 rings (SSSR count). The van der Waals surface area contributed by atoms with E-state index in [1.165, 1.54) is 62.8 Å². The quantitative estimate of drug-likeness (QED) is 0.299. The van der Waals surface area contributed by atoms with Gasteiger partial charge in [0.2, 0.25) is 0 Å². The van der Waals surface area contributed by atoms with Crippen LogP contribution in [0.15, 0.2) is 64.3 Å². The van der Waals surface area contributed by atoms with Gasteiger partial charge in [0, 0.05) is 18.0 Å². The molecular formula is C24H23ClF3N2O9PS. The lowest BCUT2D eigenvalue weighted by molar-refractivity contribution is -0.183. The van der Waals surface area contributed by atoms with Crippen LogP contribution in [0.2, 0.25) is 5.02 Å². The second kappa shape index (κ2) is 12.4. The second-order valence-corrected chi connectivity index (χ2v) is 11.8.